The van der Waals surface area contributed by atoms with Crippen LogP contribution in [-0.2, 0) is 6.42 Å². The van der Waals surface area contributed by atoms with Gasteiger partial charge in [-0.2, -0.15) is 0 Å². The summed E-state index contributed by atoms with van der Waals surface area (Å²) in [7, 11) is 5.65. The molecule has 0 unspecified atom stereocenters. The molecule has 0 aliphatic heterocycles. The van der Waals surface area contributed by atoms with Crippen molar-refractivity contribution in [3.63, 3.8) is 0 Å². The van der Waals surface area contributed by atoms with Crippen molar-refractivity contribution < 1.29 is 0 Å². The van der Waals surface area contributed by atoms with Crippen LogP contribution in [0.5, 0.6) is 0 Å². The minimum absolute atomic E-state index is 0.928. The molecule has 1 heterocycles. The summed E-state index contributed by atoms with van der Waals surface area (Å²) in [5, 5.41) is 3.26. The second kappa shape index (κ2) is 6.16. The summed E-state index contributed by atoms with van der Waals surface area (Å²) in [6.07, 6.45) is 5.29. The molecule has 1 aromatic heterocycles. The monoisotopic (exact) mass is 194 g/mol. The lowest BCUT2D eigenvalue weighted by atomic mass is 10.2. The molecule has 2 nitrogen and oxygen atoms in total. The molecule has 0 saturated carbocycles. The molecule has 0 aliphatic rings. The standard InChI is InChI=1S/C9H15BN2S/c1-2-12(10)7-4-3-5-9-11-6-8-13-9/h6,8H,2-5,7H2,1H3. The number of nitrogens with zero attached hydrogens (tertiary/aromatic N) is 2. The highest BCUT2D eigenvalue weighted by atomic mass is 32.1. The van der Waals surface area contributed by atoms with E-state index in [2.05, 4.69) is 11.9 Å². The van der Waals surface area contributed by atoms with Crippen molar-refractivity contribution in [3.05, 3.63) is 16.6 Å². The Balaban J connectivity index is 2.02. The number of rotatable bonds is 6. The second-order valence-corrected chi connectivity index (χ2v) is 3.99. The van der Waals surface area contributed by atoms with E-state index in [0.717, 1.165) is 25.9 Å². The fraction of sp³-hybridized carbons (Fsp3) is 0.667. The van der Waals surface area contributed by atoms with Crippen molar-refractivity contribution in [2.45, 2.75) is 26.2 Å². The summed E-state index contributed by atoms with van der Waals surface area (Å²) < 4.78 is 0. The lowest BCUT2D eigenvalue weighted by Gasteiger charge is -2.13. The van der Waals surface area contributed by atoms with Gasteiger partial charge >= 0.3 is 0 Å². The number of aromatic nitrogens is 1. The van der Waals surface area contributed by atoms with Crippen LogP contribution in [0.2, 0.25) is 0 Å². The Morgan fingerprint density at radius 3 is 3.00 bits per heavy atom. The van der Waals surface area contributed by atoms with Gasteiger partial charge in [0.2, 0.25) is 0 Å². The van der Waals surface area contributed by atoms with E-state index in [1.54, 1.807) is 11.3 Å². The zero-order valence-electron chi connectivity index (χ0n) is 8.07. The largest absolute Gasteiger partial charge is 0.354 e. The van der Waals surface area contributed by atoms with Crippen LogP contribution >= 0.6 is 11.3 Å². The molecule has 0 amide bonds. The number of unbranched alkanes of at least 4 members (excludes halogenated alkanes) is 1. The highest BCUT2D eigenvalue weighted by molar-refractivity contribution is 7.09. The molecule has 0 atom stereocenters. The van der Waals surface area contributed by atoms with Gasteiger partial charge in [-0.1, -0.05) is 6.92 Å². The first-order valence-electron chi connectivity index (χ1n) is 4.71. The normalized spacial score (nSPS) is 10.9. The van der Waals surface area contributed by atoms with Crippen LogP contribution in [0.3, 0.4) is 0 Å². The summed E-state index contributed by atoms with van der Waals surface area (Å²) in [5.74, 6) is 0. The molecule has 0 N–H and O–H groups in total. The van der Waals surface area contributed by atoms with Gasteiger partial charge in [-0.05, 0) is 32.4 Å². The number of hydrogen-bond acceptors (Lipinski definition) is 3. The molecule has 0 bridgehead atoms. The Hall–Kier alpha value is -0.345. The number of thiazole rings is 1. The molecule has 70 valence electrons. The first-order chi connectivity index (χ1) is 6.33. The van der Waals surface area contributed by atoms with Crippen LogP contribution in [0.15, 0.2) is 11.6 Å². The van der Waals surface area contributed by atoms with E-state index in [1.807, 2.05) is 16.4 Å². The van der Waals surface area contributed by atoms with Gasteiger partial charge < -0.3 is 4.81 Å². The molecule has 1 rings (SSSR count). The second-order valence-electron chi connectivity index (χ2n) is 3.01. The van der Waals surface area contributed by atoms with E-state index in [9.17, 15) is 0 Å². The van der Waals surface area contributed by atoms with E-state index >= 15 is 0 Å². The smallest absolute Gasteiger partial charge is 0.182 e. The van der Waals surface area contributed by atoms with Gasteiger partial charge in [0.05, 0.1) is 5.01 Å². The Morgan fingerprint density at radius 1 is 1.54 bits per heavy atom. The lowest BCUT2D eigenvalue weighted by Crippen LogP contribution is -2.20. The van der Waals surface area contributed by atoms with Crippen LogP contribution in [-0.4, -0.2) is 30.9 Å². The van der Waals surface area contributed by atoms with Crippen molar-refractivity contribution >= 4 is 19.3 Å². The van der Waals surface area contributed by atoms with Crippen molar-refractivity contribution in [3.8, 4) is 0 Å². The number of hydrogen-bond donors (Lipinski definition) is 0. The SMILES string of the molecule is [B]N(CC)CCCCc1nccs1. The predicted octanol–water partition coefficient (Wildman–Crippen LogP) is 1.87. The highest BCUT2D eigenvalue weighted by Gasteiger charge is 1.97. The molecule has 0 aromatic carbocycles. The molecule has 1 aromatic rings. The molecule has 0 fully saturated rings. The van der Waals surface area contributed by atoms with Crippen molar-refractivity contribution in [1.82, 2.24) is 9.79 Å². The van der Waals surface area contributed by atoms with Gasteiger partial charge in [0, 0.05) is 11.6 Å². The number of aryl methyl sites for hydroxylation is 1. The summed E-state index contributed by atoms with van der Waals surface area (Å²) in [4.78, 5) is 6.08. The van der Waals surface area contributed by atoms with Gasteiger partial charge in [0.15, 0.2) is 7.98 Å². The third-order valence-corrected chi connectivity index (χ3v) is 2.82. The van der Waals surface area contributed by atoms with Crippen molar-refractivity contribution in [2.75, 3.05) is 13.1 Å². The first kappa shape index (κ1) is 10.7. The van der Waals surface area contributed by atoms with E-state index in [4.69, 9.17) is 7.98 Å². The minimum Gasteiger partial charge on any atom is -0.354 e. The summed E-state index contributed by atoms with van der Waals surface area (Å²) in [6, 6.07) is 0. The summed E-state index contributed by atoms with van der Waals surface area (Å²) >= 11 is 1.73. The molecular formula is C9H15BN2S. The fourth-order valence-corrected chi connectivity index (χ4v) is 1.79. The quantitative estimate of drug-likeness (QED) is 0.507. The third-order valence-electron chi connectivity index (χ3n) is 1.98. The average molecular weight is 194 g/mol. The Labute approximate surface area is 85.4 Å². The third kappa shape index (κ3) is 4.43. The Morgan fingerprint density at radius 2 is 2.38 bits per heavy atom. The lowest BCUT2D eigenvalue weighted by molar-refractivity contribution is 0.456. The maximum absolute atomic E-state index is 5.65. The molecule has 13 heavy (non-hydrogen) atoms. The van der Waals surface area contributed by atoms with E-state index in [1.165, 1.54) is 11.4 Å². The first-order valence-corrected chi connectivity index (χ1v) is 5.59. The topological polar surface area (TPSA) is 16.1 Å². The molecule has 0 spiro atoms. The molecule has 0 aliphatic carbocycles. The molecular weight excluding hydrogens is 179 g/mol. The van der Waals surface area contributed by atoms with Gasteiger partial charge in [0.25, 0.3) is 0 Å². The van der Waals surface area contributed by atoms with Crippen molar-refractivity contribution in [2.24, 2.45) is 0 Å². The minimum atomic E-state index is 0.928. The van der Waals surface area contributed by atoms with E-state index in [0.29, 0.717) is 0 Å². The van der Waals surface area contributed by atoms with Crippen LogP contribution in [0.1, 0.15) is 24.8 Å². The van der Waals surface area contributed by atoms with Gasteiger partial charge in [-0.3, -0.25) is 0 Å². The Kier molecular flexibility index (Phi) is 5.09. The maximum Gasteiger partial charge on any atom is 0.182 e. The van der Waals surface area contributed by atoms with Gasteiger partial charge in [-0.25, -0.2) is 4.98 Å². The van der Waals surface area contributed by atoms with Crippen molar-refractivity contribution in [1.29, 1.82) is 0 Å². The van der Waals surface area contributed by atoms with Crippen LogP contribution < -0.4 is 0 Å². The summed E-state index contributed by atoms with van der Waals surface area (Å²) in [5.41, 5.74) is 0. The van der Waals surface area contributed by atoms with E-state index < -0.39 is 0 Å². The fourth-order valence-electron chi connectivity index (χ4n) is 1.13. The van der Waals surface area contributed by atoms with Crippen LogP contribution in [0, 0.1) is 0 Å². The zero-order chi connectivity index (χ0) is 9.52. The maximum atomic E-state index is 5.65. The predicted molar refractivity (Wildman–Crippen MR) is 58.1 cm³/mol. The average Bonchev–Trinajstić information content (AvgIpc) is 2.64. The Bertz CT molecular complexity index is 213. The zero-order valence-corrected chi connectivity index (χ0v) is 8.89. The molecule has 2 radical (unpaired) electrons. The molecule has 4 heteroatoms. The van der Waals surface area contributed by atoms with Gasteiger partial charge in [0.1, 0.15) is 0 Å². The summed E-state index contributed by atoms with van der Waals surface area (Å²) in [6.45, 7) is 3.99. The molecule has 0 saturated heterocycles. The highest BCUT2D eigenvalue weighted by Crippen LogP contribution is 2.08. The van der Waals surface area contributed by atoms with Gasteiger partial charge in [-0.15, -0.1) is 11.3 Å². The van der Waals surface area contributed by atoms with Crippen LogP contribution in [0.4, 0.5) is 0 Å². The van der Waals surface area contributed by atoms with E-state index in [-0.39, 0.29) is 0 Å². The van der Waals surface area contributed by atoms with Crippen LogP contribution in [0.25, 0.3) is 0 Å².